The van der Waals surface area contributed by atoms with Crippen LogP contribution in [0.5, 0.6) is 0 Å². The Kier molecular flexibility index (Phi) is 3.86. The van der Waals surface area contributed by atoms with E-state index in [0.29, 0.717) is 13.3 Å². The lowest BCUT2D eigenvalue weighted by molar-refractivity contribution is 0.138. The molecule has 1 saturated carbocycles. The number of hydrogen-bond donors (Lipinski definition) is 1. The monoisotopic (exact) mass is 354 g/mol. The molecule has 7 heteroatoms. The van der Waals surface area contributed by atoms with Crippen molar-refractivity contribution in [2.75, 3.05) is 38.5 Å². The summed E-state index contributed by atoms with van der Waals surface area (Å²) in [5, 5.41) is 3.82. The largest absolute Gasteiger partial charge is 0.383 e. The Morgan fingerprint density at radius 1 is 1.19 bits per heavy atom. The molecule has 1 spiro atoms. The predicted octanol–water partition coefficient (Wildman–Crippen LogP) is 2.30. The van der Waals surface area contributed by atoms with Crippen LogP contribution < -0.4 is 10.2 Å². The van der Waals surface area contributed by atoms with E-state index in [0.717, 1.165) is 43.5 Å². The number of rotatable bonds is 3. The molecule has 1 N–H and O–H groups in total. The van der Waals surface area contributed by atoms with Gasteiger partial charge in [-0.1, -0.05) is 18.6 Å². The minimum atomic E-state index is -0.0896. The summed E-state index contributed by atoms with van der Waals surface area (Å²) in [6.45, 7) is 3.08. The third kappa shape index (κ3) is 2.41. The molecule has 138 valence electrons. The van der Waals surface area contributed by atoms with E-state index in [4.69, 9.17) is 14.7 Å². The average molecular weight is 354 g/mol. The van der Waals surface area contributed by atoms with Crippen molar-refractivity contribution in [3.8, 4) is 0 Å². The summed E-state index contributed by atoms with van der Waals surface area (Å²) in [6, 6.07) is 8.48. The van der Waals surface area contributed by atoms with Crippen molar-refractivity contribution in [3.05, 3.63) is 24.3 Å². The highest BCUT2D eigenvalue weighted by molar-refractivity contribution is 5.99. The molecule has 0 amide bonds. The van der Waals surface area contributed by atoms with Crippen LogP contribution in [0.4, 0.5) is 5.95 Å². The first kappa shape index (κ1) is 16.1. The van der Waals surface area contributed by atoms with Gasteiger partial charge in [0.1, 0.15) is 5.66 Å². The van der Waals surface area contributed by atoms with Gasteiger partial charge < -0.3 is 10.1 Å². The molecular formula is C19H26N6O. The second-order valence-electron chi connectivity index (χ2n) is 7.53. The molecule has 0 unspecified atom stereocenters. The van der Waals surface area contributed by atoms with Crippen LogP contribution in [0.2, 0.25) is 0 Å². The molecule has 1 aromatic carbocycles. The van der Waals surface area contributed by atoms with E-state index >= 15 is 0 Å². The zero-order chi connectivity index (χ0) is 17.6. The third-order valence-corrected chi connectivity index (χ3v) is 5.87. The lowest BCUT2D eigenvalue weighted by Crippen LogP contribution is -2.64. The van der Waals surface area contributed by atoms with Gasteiger partial charge in [0.2, 0.25) is 11.9 Å². The Labute approximate surface area is 153 Å². The first-order valence-electron chi connectivity index (χ1n) is 9.60. The highest BCUT2D eigenvalue weighted by atomic mass is 16.5. The number of nitrogens with one attached hydrogen (secondary N) is 1. The molecule has 0 bridgehead atoms. The van der Waals surface area contributed by atoms with Gasteiger partial charge in [-0.15, -0.1) is 0 Å². The summed E-state index contributed by atoms with van der Waals surface area (Å²) < 4.78 is 7.69. The number of ether oxygens (including phenoxy) is 1. The van der Waals surface area contributed by atoms with Crippen LogP contribution in [0.1, 0.15) is 32.1 Å². The average Bonchev–Trinajstić information content (AvgIpc) is 3.08. The van der Waals surface area contributed by atoms with Crippen molar-refractivity contribution in [1.82, 2.24) is 19.8 Å². The Bertz CT molecular complexity index is 838. The highest BCUT2D eigenvalue weighted by Crippen LogP contribution is 2.41. The SMILES string of the molecule is COCCN1CN=C2NC3(CCCCC3)n3c(nc4ccccc43)N2C1. The lowest BCUT2D eigenvalue weighted by atomic mass is 9.88. The van der Waals surface area contributed by atoms with Crippen LogP contribution in [-0.2, 0) is 10.4 Å². The zero-order valence-corrected chi connectivity index (χ0v) is 15.3. The summed E-state index contributed by atoms with van der Waals surface area (Å²) in [4.78, 5) is 14.4. The number of aliphatic imine (C=N–C) groups is 1. The van der Waals surface area contributed by atoms with Gasteiger partial charge in [0.15, 0.2) is 0 Å². The molecule has 5 rings (SSSR count). The van der Waals surface area contributed by atoms with Gasteiger partial charge in [-0.05, 0) is 37.8 Å². The van der Waals surface area contributed by atoms with Crippen LogP contribution in [0, 0.1) is 0 Å². The second-order valence-corrected chi connectivity index (χ2v) is 7.53. The number of imidazole rings is 1. The minimum Gasteiger partial charge on any atom is -0.383 e. The van der Waals surface area contributed by atoms with Crippen molar-refractivity contribution < 1.29 is 4.74 Å². The Morgan fingerprint density at radius 3 is 2.88 bits per heavy atom. The summed E-state index contributed by atoms with van der Waals surface area (Å²) in [5.74, 6) is 2.00. The summed E-state index contributed by atoms with van der Waals surface area (Å²) >= 11 is 0. The van der Waals surface area contributed by atoms with Crippen LogP contribution in [0.3, 0.4) is 0 Å². The topological polar surface area (TPSA) is 57.9 Å². The minimum absolute atomic E-state index is 0.0896. The maximum Gasteiger partial charge on any atom is 0.216 e. The quantitative estimate of drug-likeness (QED) is 0.917. The van der Waals surface area contributed by atoms with Crippen LogP contribution >= 0.6 is 0 Å². The summed E-state index contributed by atoms with van der Waals surface area (Å²) in [6.07, 6.45) is 6.05. The molecule has 0 saturated heterocycles. The zero-order valence-electron chi connectivity index (χ0n) is 15.3. The smallest absolute Gasteiger partial charge is 0.216 e. The van der Waals surface area contributed by atoms with Crippen molar-refractivity contribution >= 4 is 22.9 Å². The standard InChI is InChI=1S/C19H26N6O/c1-26-12-11-23-13-20-17-22-19(9-5-2-6-10-19)25-16-8-4-3-7-15(16)21-18(25)24(17)14-23/h3-4,7-8H,2,5-6,9-14H2,1H3,(H,20,22). The fourth-order valence-electron chi connectivity index (χ4n) is 4.56. The molecule has 0 radical (unpaired) electrons. The van der Waals surface area contributed by atoms with Gasteiger partial charge in [-0.2, -0.15) is 0 Å². The summed E-state index contributed by atoms with van der Waals surface area (Å²) in [7, 11) is 1.74. The van der Waals surface area contributed by atoms with E-state index in [9.17, 15) is 0 Å². The number of hydrogen-bond acceptors (Lipinski definition) is 6. The van der Waals surface area contributed by atoms with Crippen LogP contribution in [0.25, 0.3) is 11.0 Å². The van der Waals surface area contributed by atoms with E-state index in [1.54, 1.807) is 7.11 Å². The predicted molar refractivity (Wildman–Crippen MR) is 102 cm³/mol. The van der Waals surface area contributed by atoms with Crippen molar-refractivity contribution in [1.29, 1.82) is 0 Å². The van der Waals surface area contributed by atoms with Crippen LogP contribution in [0.15, 0.2) is 29.3 Å². The molecule has 1 fully saturated rings. The number of aromatic nitrogens is 2. The van der Waals surface area contributed by atoms with E-state index in [1.165, 1.54) is 24.8 Å². The number of nitrogens with zero attached hydrogens (tertiary/aromatic N) is 5. The number of anilines is 1. The molecule has 3 heterocycles. The maximum absolute atomic E-state index is 5.24. The lowest BCUT2D eigenvalue weighted by Gasteiger charge is -2.49. The van der Waals surface area contributed by atoms with E-state index in [1.807, 2.05) is 0 Å². The molecule has 0 atom stereocenters. The van der Waals surface area contributed by atoms with Gasteiger partial charge in [0.05, 0.1) is 31.0 Å². The first-order valence-corrected chi connectivity index (χ1v) is 9.60. The second kappa shape index (κ2) is 6.25. The van der Waals surface area contributed by atoms with Gasteiger partial charge >= 0.3 is 0 Å². The third-order valence-electron chi connectivity index (χ3n) is 5.87. The van der Waals surface area contributed by atoms with Crippen LogP contribution in [-0.4, -0.2) is 54.0 Å². The fourth-order valence-corrected chi connectivity index (χ4v) is 4.56. The first-order chi connectivity index (χ1) is 12.8. The number of methoxy groups -OCH3 is 1. The number of guanidine groups is 1. The molecule has 2 aliphatic heterocycles. The number of benzene rings is 1. The van der Waals surface area contributed by atoms with Crippen molar-refractivity contribution in [2.45, 2.75) is 37.8 Å². The van der Waals surface area contributed by atoms with E-state index < -0.39 is 0 Å². The van der Waals surface area contributed by atoms with Gasteiger partial charge in [0, 0.05) is 13.7 Å². The molecule has 7 nitrogen and oxygen atoms in total. The molecule has 1 aliphatic carbocycles. The Morgan fingerprint density at radius 2 is 2.04 bits per heavy atom. The van der Waals surface area contributed by atoms with Crippen molar-refractivity contribution in [3.63, 3.8) is 0 Å². The molecular weight excluding hydrogens is 328 g/mol. The number of para-hydroxylation sites is 2. The highest BCUT2D eigenvalue weighted by Gasteiger charge is 2.45. The number of fused-ring (bicyclic) bond motifs is 6. The Balaban J connectivity index is 1.62. The van der Waals surface area contributed by atoms with Crippen molar-refractivity contribution in [2.24, 2.45) is 4.99 Å². The van der Waals surface area contributed by atoms with Gasteiger partial charge in [0.25, 0.3) is 0 Å². The molecule has 26 heavy (non-hydrogen) atoms. The maximum atomic E-state index is 5.24. The normalized spacial score (nSPS) is 22.0. The molecule has 1 aromatic heterocycles. The van der Waals surface area contributed by atoms with E-state index in [2.05, 4.69) is 43.9 Å². The molecule has 3 aliphatic rings. The van der Waals surface area contributed by atoms with Gasteiger partial charge in [-0.25, -0.2) is 9.98 Å². The molecule has 2 aromatic rings. The van der Waals surface area contributed by atoms with Gasteiger partial charge in [-0.3, -0.25) is 14.4 Å². The Hall–Kier alpha value is -2.12. The fraction of sp³-hybridized carbons (Fsp3) is 0.579. The van der Waals surface area contributed by atoms with E-state index in [-0.39, 0.29) is 5.66 Å². The summed E-state index contributed by atoms with van der Waals surface area (Å²) in [5.41, 5.74) is 2.18.